The van der Waals surface area contributed by atoms with Gasteiger partial charge >= 0.3 is 5.69 Å². The van der Waals surface area contributed by atoms with E-state index in [1.54, 1.807) is 35.2 Å². The molecule has 0 saturated carbocycles. The number of nitrogens with one attached hydrogen (secondary N) is 1. The van der Waals surface area contributed by atoms with Crippen LogP contribution in [0.5, 0.6) is 11.5 Å². The van der Waals surface area contributed by atoms with Crippen molar-refractivity contribution in [2.45, 2.75) is 65.2 Å². The van der Waals surface area contributed by atoms with Gasteiger partial charge in [-0.05, 0) is 63.8 Å². The van der Waals surface area contributed by atoms with Gasteiger partial charge in [0.25, 0.3) is 11.5 Å². The number of likely N-dealkylation sites (tertiary alicyclic amines) is 1. The van der Waals surface area contributed by atoms with E-state index in [0.717, 1.165) is 23.8 Å². The molecule has 1 fully saturated rings. The number of nitrogens with zero attached hydrogens (tertiary/aromatic N) is 3. The fraction of sp³-hybridized carbons (Fsp3) is 0.448. The number of carbonyl (C=O) groups excluding carboxylic acids is 2. The van der Waals surface area contributed by atoms with E-state index >= 15 is 0 Å². The minimum absolute atomic E-state index is 0.00179. The topological polar surface area (TPSA) is 112 Å². The van der Waals surface area contributed by atoms with Crippen LogP contribution < -0.4 is 26.0 Å². The molecular weight excluding hydrogens is 500 g/mol. The molecule has 1 aliphatic heterocycles. The van der Waals surface area contributed by atoms with Gasteiger partial charge in [-0.2, -0.15) is 0 Å². The van der Waals surface area contributed by atoms with Gasteiger partial charge < -0.3 is 19.7 Å². The van der Waals surface area contributed by atoms with E-state index in [2.05, 4.69) is 5.32 Å². The van der Waals surface area contributed by atoms with Crippen LogP contribution in [0.2, 0.25) is 0 Å². The quantitative estimate of drug-likeness (QED) is 0.474. The maximum Gasteiger partial charge on any atom is 0.332 e. The van der Waals surface area contributed by atoms with Crippen molar-refractivity contribution in [1.82, 2.24) is 19.4 Å². The SMILES string of the molecule is COc1cc2c(=O)n(Cc3ccc(C(=O)NC(C)C)cc3)c(=O)n(CC(=O)N3CCCCC3C)c2cc1OC. The molecule has 208 valence electrons. The van der Waals surface area contributed by atoms with E-state index in [9.17, 15) is 19.2 Å². The Labute approximate surface area is 227 Å². The maximum atomic E-state index is 13.8. The van der Waals surface area contributed by atoms with Gasteiger partial charge in [0.2, 0.25) is 5.91 Å². The van der Waals surface area contributed by atoms with Gasteiger partial charge in [-0.3, -0.25) is 23.5 Å². The molecule has 10 heteroatoms. The van der Waals surface area contributed by atoms with Crippen molar-refractivity contribution in [3.8, 4) is 11.5 Å². The molecule has 1 atom stereocenters. The summed E-state index contributed by atoms with van der Waals surface area (Å²) in [6.07, 6.45) is 2.89. The average Bonchev–Trinajstić information content (AvgIpc) is 2.92. The number of benzene rings is 2. The first-order chi connectivity index (χ1) is 18.6. The second-order valence-corrected chi connectivity index (χ2v) is 10.2. The van der Waals surface area contributed by atoms with Gasteiger partial charge in [-0.15, -0.1) is 0 Å². The third kappa shape index (κ3) is 5.84. The summed E-state index contributed by atoms with van der Waals surface area (Å²) in [6, 6.07) is 9.93. The lowest BCUT2D eigenvalue weighted by Gasteiger charge is -2.33. The highest BCUT2D eigenvalue weighted by Crippen LogP contribution is 2.30. The van der Waals surface area contributed by atoms with Gasteiger partial charge in [-0.25, -0.2) is 4.79 Å². The molecule has 3 aromatic rings. The van der Waals surface area contributed by atoms with Crippen molar-refractivity contribution >= 4 is 22.7 Å². The summed E-state index contributed by atoms with van der Waals surface area (Å²) in [5.41, 5.74) is 0.344. The fourth-order valence-corrected chi connectivity index (χ4v) is 5.02. The molecule has 1 aromatic heterocycles. The molecule has 10 nitrogen and oxygen atoms in total. The van der Waals surface area contributed by atoms with Crippen LogP contribution in [-0.4, -0.2) is 58.7 Å². The van der Waals surface area contributed by atoms with Crippen molar-refractivity contribution < 1.29 is 19.1 Å². The monoisotopic (exact) mass is 536 g/mol. The van der Waals surface area contributed by atoms with E-state index in [0.29, 0.717) is 34.7 Å². The molecule has 1 N–H and O–H groups in total. The Morgan fingerprint density at radius 1 is 1.00 bits per heavy atom. The first-order valence-electron chi connectivity index (χ1n) is 13.2. The normalized spacial score (nSPS) is 15.4. The minimum Gasteiger partial charge on any atom is -0.493 e. The standard InChI is InChI=1S/C29H36N4O6/c1-18(2)30-27(35)21-11-9-20(10-12-21)16-33-28(36)22-14-24(38-4)25(39-5)15-23(22)32(29(33)37)17-26(34)31-13-7-6-8-19(31)3/h9-12,14-15,18-19H,6-8,13,16-17H2,1-5H3,(H,30,35). The number of hydrogen-bond acceptors (Lipinski definition) is 6. The van der Waals surface area contributed by atoms with E-state index in [-0.39, 0.29) is 42.4 Å². The number of hydrogen-bond donors (Lipinski definition) is 1. The molecule has 2 aromatic carbocycles. The van der Waals surface area contributed by atoms with Crippen LogP contribution in [0.15, 0.2) is 46.0 Å². The van der Waals surface area contributed by atoms with E-state index in [1.165, 1.54) is 24.9 Å². The molecule has 0 radical (unpaired) electrons. The molecule has 2 heterocycles. The van der Waals surface area contributed by atoms with Crippen LogP contribution >= 0.6 is 0 Å². The van der Waals surface area contributed by atoms with E-state index < -0.39 is 11.2 Å². The van der Waals surface area contributed by atoms with Crippen molar-refractivity contribution in [2.75, 3.05) is 20.8 Å². The lowest BCUT2D eigenvalue weighted by Crippen LogP contribution is -2.47. The van der Waals surface area contributed by atoms with Gasteiger partial charge in [0, 0.05) is 30.3 Å². The van der Waals surface area contributed by atoms with Gasteiger partial charge in [-0.1, -0.05) is 12.1 Å². The summed E-state index contributed by atoms with van der Waals surface area (Å²) >= 11 is 0. The molecule has 4 rings (SSSR count). The molecule has 1 saturated heterocycles. The third-order valence-electron chi connectivity index (χ3n) is 7.12. The Bertz CT molecular complexity index is 1490. The number of rotatable bonds is 8. The summed E-state index contributed by atoms with van der Waals surface area (Å²) in [7, 11) is 2.94. The molecule has 0 aliphatic carbocycles. The highest BCUT2D eigenvalue weighted by Gasteiger charge is 2.25. The van der Waals surface area contributed by atoms with Crippen molar-refractivity contribution in [3.63, 3.8) is 0 Å². The average molecular weight is 537 g/mol. The lowest BCUT2D eigenvalue weighted by atomic mass is 10.0. The predicted molar refractivity (Wildman–Crippen MR) is 149 cm³/mol. The number of fused-ring (bicyclic) bond motifs is 1. The van der Waals surface area contributed by atoms with E-state index in [4.69, 9.17) is 9.47 Å². The summed E-state index contributed by atoms with van der Waals surface area (Å²) in [5.74, 6) is 0.319. The molecule has 0 bridgehead atoms. The number of aromatic nitrogens is 2. The van der Waals surface area contributed by atoms with Crippen molar-refractivity contribution in [3.05, 3.63) is 68.4 Å². The Balaban J connectivity index is 1.79. The molecule has 0 spiro atoms. The van der Waals surface area contributed by atoms with Gasteiger partial charge in [0.15, 0.2) is 11.5 Å². The molecule has 39 heavy (non-hydrogen) atoms. The first-order valence-corrected chi connectivity index (χ1v) is 13.2. The van der Waals surface area contributed by atoms with Crippen LogP contribution in [0.25, 0.3) is 10.9 Å². The number of carbonyl (C=O) groups is 2. The highest BCUT2D eigenvalue weighted by atomic mass is 16.5. The Kier molecular flexibility index (Phi) is 8.42. The second-order valence-electron chi connectivity index (χ2n) is 10.2. The third-order valence-corrected chi connectivity index (χ3v) is 7.12. The summed E-state index contributed by atoms with van der Waals surface area (Å²) in [4.78, 5) is 54.9. The zero-order valence-electron chi connectivity index (χ0n) is 23.2. The number of methoxy groups -OCH3 is 2. The van der Waals surface area contributed by atoms with Crippen molar-refractivity contribution in [1.29, 1.82) is 0 Å². The molecular formula is C29H36N4O6. The fourth-order valence-electron chi connectivity index (χ4n) is 5.02. The van der Waals surface area contributed by atoms with Gasteiger partial charge in [0.05, 0.1) is 31.7 Å². The largest absolute Gasteiger partial charge is 0.493 e. The van der Waals surface area contributed by atoms with Gasteiger partial charge in [0.1, 0.15) is 6.54 Å². The highest BCUT2D eigenvalue weighted by molar-refractivity contribution is 5.94. The molecule has 2 amide bonds. The predicted octanol–water partition coefficient (Wildman–Crippen LogP) is 2.77. The van der Waals surface area contributed by atoms with Crippen LogP contribution in [-0.2, 0) is 17.9 Å². The summed E-state index contributed by atoms with van der Waals surface area (Å²) < 4.78 is 13.3. The number of amides is 2. The molecule has 1 aliphatic rings. The second kappa shape index (κ2) is 11.8. The summed E-state index contributed by atoms with van der Waals surface area (Å²) in [6.45, 7) is 6.18. The van der Waals surface area contributed by atoms with Crippen LogP contribution in [0.3, 0.4) is 0 Å². The molecule has 1 unspecified atom stereocenters. The maximum absolute atomic E-state index is 13.8. The zero-order chi connectivity index (χ0) is 28.3. The van der Waals surface area contributed by atoms with Crippen LogP contribution in [0.4, 0.5) is 0 Å². The zero-order valence-corrected chi connectivity index (χ0v) is 23.2. The van der Waals surface area contributed by atoms with Crippen molar-refractivity contribution in [2.24, 2.45) is 0 Å². The Morgan fingerprint density at radius 2 is 1.67 bits per heavy atom. The summed E-state index contributed by atoms with van der Waals surface area (Å²) in [5, 5.41) is 3.07. The minimum atomic E-state index is -0.598. The lowest BCUT2D eigenvalue weighted by molar-refractivity contribution is -0.135. The van der Waals surface area contributed by atoms with Crippen LogP contribution in [0.1, 0.15) is 56.0 Å². The smallest absolute Gasteiger partial charge is 0.332 e. The Hall–Kier alpha value is -4.08. The number of piperidine rings is 1. The Morgan fingerprint density at radius 3 is 2.28 bits per heavy atom. The van der Waals surface area contributed by atoms with Crippen LogP contribution in [0, 0.1) is 0 Å². The van der Waals surface area contributed by atoms with E-state index in [1.807, 2.05) is 20.8 Å². The first kappa shape index (κ1) is 27.9. The number of ether oxygens (including phenoxy) is 2.